The van der Waals surface area contributed by atoms with Crippen molar-refractivity contribution in [1.29, 1.82) is 0 Å². The van der Waals surface area contributed by atoms with Gasteiger partial charge in [-0.2, -0.15) is 0 Å². The maximum Gasteiger partial charge on any atom is 0.341 e. The number of carbonyl (C=O) groups excluding carboxylic acids is 2. The molecule has 1 atom stereocenters. The Morgan fingerprint density at radius 2 is 2.07 bits per heavy atom. The summed E-state index contributed by atoms with van der Waals surface area (Å²) in [5.74, 6) is 0.385. The van der Waals surface area contributed by atoms with Gasteiger partial charge in [-0.15, -0.1) is 23.1 Å². The second-order valence-corrected chi connectivity index (χ2v) is 9.16. The number of thiophene rings is 1. The zero-order valence-corrected chi connectivity index (χ0v) is 17.7. The highest BCUT2D eigenvalue weighted by Crippen LogP contribution is 2.40. The molecule has 27 heavy (non-hydrogen) atoms. The third-order valence-electron chi connectivity index (χ3n) is 4.43. The molecule has 0 spiro atoms. The lowest BCUT2D eigenvalue weighted by atomic mass is 9.88. The molecule has 1 aromatic carbocycles. The van der Waals surface area contributed by atoms with Gasteiger partial charge in [0, 0.05) is 14.8 Å². The molecule has 0 aliphatic heterocycles. The van der Waals surface area contributed by atoms with Gasteiger partial charge in [-0.1, -0.05) is 18.5 Å². The van der Waals surface area contributed by atoms with E-state index in [2.05, 4.69) is 12.2 Å². The predicted octanol–water partition coefficient (Wildman–Crippen LogP) is 5.43. The van der Waals surface area contributed by atoms with E-state index in [0.717, 1.165) is 29.7 Å². The normalized spacial score (nSPS) is 15.9. The molecule has 2 aromatic rings. The van der Waals surface area contributed by atoms with E-state index in [4.69, 9.17) is 16.3 Å². The predicted molar refractivity (Wildman–Crippen MR) is 112 cm³/mol. The smallest absolute Gasteiger partial charge is 0.341 e. The van der Waals surface area contributed by atoms with Gasteiger partial charge in [0.15, 0.2) is 0 Å². The van der Waals surface area contributed by atoms with Crippen LogP contribution in [0, 0.1) is 5.92 Å². The monoisotopic (exact) mass is 423 g/mol. The lowest BCUT2D eigenvalue weighted by Gasteiger charge is -2.18. The van der Waals surface area contributed by atoms with Crippen molar-refractivity contribution in [3.05, 3.63) is 45.3 Å². The van der Waals surface area contributed by atoms with Crippen molar-refractivity contribution < 1.29 is 14.3 Å². The van der Waals surface area contributed by atoms with Crippen LogP contribution >= 0.6 is 34.7 Å². The number of amides is 1. The maximum atomic E-state index is 12.5. The Kier molecular flexibility index (Phi) is 6.84. The van der Waals surface area contributed by atoms with Crippen molar-refractivity contribution in [3.8, 4) is 0 Å². The minimum absolute atomic E-state index is 0.132. The topological polar surface area (TPSA) is 55.4 Å². The lowest BCUT2D eigenvalue weighted by molar-refractivity contribution is -0.113. The minimum atomic E-state index is -0.342. The molecule has 1 unspecified atom stereocenters. The highest BCUT2D eigenvalue weighted by Gasteiger charge is 2.29. The molecule has 0 saturated carbocycles. The fourth-order valence-electron chi connectivity index (χ4n) is 3.10. The van der Waals surface area contributed by atoms with Crippen LogP contribution in [0.15, 0.2) is 29.2 Å². The Hall–Kier alpha value is -1.50. The maximum absolute atomic E-state index is 12.5. The molecule has 3 rings (SSSR count). The van der Waals surface area contributed by atoms with Gasteiger partial charge in [-0.3, -0.25) is 4.79 Å². The number of rotatable bonds is 6. The standard InChI is InChI=1S/C20H22ClNO3S2/c1-3-25-20(24)18-15-9-4-12(2)10-16(15)27-19(18)22-17(23)11-26-14-7-5-13(21)6-8-14/h5-8,12H,3-4,9-11H2,1-2H3,(H,22,23). The van der Waals surface area contributed by atoms with E-state index in [1.165, 1.54) is 28.0 Å². The molecule has 1 N–H and O–H groups in total. The Balaban J connectivity index is 1.73. The van der Waals surface area contributed by atoms with Crippen molar-refractivity contribution in [1.82, 2.24) is 0 Å². The van der Waals surface area contributed by atoms with E-state index in [1.54, 1.807) is 19.1 Å². The molecular formula is C20H22ClNO3S2. The molecule has 1 amide bonds. The third kappa shape index (κ3) is 5.06. The van der Waals surface area contributed by atoms with E-state index in [0.29, 0.717) is 28.1 Å². The highest BCUT2D eigenvalue weighted by atomic mass is 35.5. The van der Waals surface area contributed by atoms with Crippen LogP contribution in [0.25, 0.3) is 0 Å². The van der Waals surface area contributed by atoms with Crippen LogP contribution in [0.1, 0.15) is 41.1 Å². The fourth-order valence-corrected chi connectivity index (χ4v) is 5.34. The third-order valence-corrected chi connectivity index (χ3v) is 6.86. The number of thioether (sulfide) groups is 1. The summed E-state index contributed by atoms with van der Waals surface area (Å²) in [5.41, 5.74) is 1.60. The number of hydrogen-bond acceptors (Lipinski definition) is 5. The molecule has 0 bridgehead atoms. The Morgan fingerprint density at radius 1 is 1.33 bits per heavy atom. The number of nitrogens with one attached hydrogen (secondary N) is 1. The summed E-state index contributed by atoms with van der Waals surface area (Å²) in [6.45, 7) is 4.33. The van der Waals surface area contributed by atoms with Crippen molar-refractivity contribution in [2.45, 2.75) is 38.0 Å². The first-order valence-electron chi connectivity index (χ1n) is 8.97. The van der Waals surface area contributed by atoms with Crippen LogP contribution in [0.5, 0.6) is 0 Å². The molecule has 1 aliphatic carbocycles. The van der Waals surface area contributed by atoms with Crippen molar-refractivity contribution in [2.24, 2.45) is 5.92 Å². The number of fused-ring (bicyclic) bond motifs is 1. The average Bonchev–Trinajstić information content (AvgIpc) is 2.98. The van der Waals surface area contributed by atoms with Gasteiger partial charge in [0.05, 0.1) is 17.9 Å². The molecule has 0 saturated heterocycles. The Bertz CT molecular complexity index is 832. The second-order valence-electron chi connectivity index (χ2n) is 6.57. The van der Waals surface area contributed by atoms with Crippen molar-refractivity contribution >= 4 is 51.6 Å². The number of hydrogen-bond donors (Lipinski definition) is 1. The van der Waals surface area contributed by atoms with Crippen molar-refractivity contribution in [3.63, 3.8) is 0 Å². The van der Waals surface area contributed by atoms with Gasteiger partial charge in [0.2, 0.25) is 5.91 Å². The van der Waals surface area contributed by atoms with E-state index in [1.807, 2.05) is 12.1 Å². The zero-order chi connectivity index (χ0) is 19.4. The molecule has 0 fully saturated rings. The second kappa shape index (κ2) is 9.13. The average molecular weight is 424 g/mol. The molecule has 0 radical (unpaired) electrons. The Labute approximate surface area is 172 Å². The van der Waals surface area contributed by atoms with Gasteiger partial charge in [0.25, 0.3) is 0 Å². The zero-order valence-electron chi connectivity index (χ0n) is 15.3. The van der Waals surface area contributed by atoms with Crippen LogP contribution in [0.3, 0.4) is 0 Å². The molecule has 1 heterocycles. The first-order chi connectivity index (χ1) is 13.0. The summed E-state index contributed by atoms with van der Waals surface area (Å²) >= 11 is 8.83. The first kappa shape index (κ1) is 20.2. The number of anilines is 1. The van der Waals surface area contributed by atoms with Crippen LogP contribution < -0.4 is 5.32 Å². The van der Waals surface area contributed by atoms with Gasteiger partial charge in [-0.05, 0) is 61.9 Å². The van der Waals surface area contributed by atoms with E-state index < -0.39 is 0 Å². The number of esters is 1. The Morgan fingerprint density at radius 3 is 2.78 bits per heavy atom. The molecule has 7 heteroatoms. The largest absolute Gasteiger partial charge is 0.462 e. The van der Waals surface area contributed by atoms with Crippen LogP contribution in [0.2, 0.25) is 5.02 Å². The summed E-state index contributed by atoms with van der Waals surface area (Å²) < 4.78 is 5.24. The van der Waals surface area contributed by atoms with Crippen LogP contribution in [-0.4, -0.2) is 24.2 Å². The number of benzene rings is 1. The first-order valence-corrected chi connectivity index (χ1v) is 11.2. The summed E-state index contributed by atoms with van der Waals surface area (Å²) in [6, 6.07) is 7.37. The molecule has 1 aromatic heterocycles. The molecule has 4 nitrogen and oxygen atoms in total. The lowest BCUT2D eigenvalue weighted by Crippen LogP contribution is -2.17. The number of halogens is 1. The highest BCUT2D eigenvalue weighted by molar-refractivity contribution is 8.00. The van der Waals surface area contributed by atoms with E-state index in [-0.39, 0.29) is 17.6 Å². The van der Waals surface area contributed by atoms with Gasteiger partial charge in [-0.25, -0.2) is 4.79 Å². The summed E-state index contributed by atoms with van der Waals surface area (Å²) in [7, 11) is 0. The number of carbonyl (C=O) groups is 2. The summed E-state index contributed by atoms with van der Waals surface area (Å²) in [4.78, 5) is 27.1. The minimum Gasteiger partial charge on any atom is -0.462 e. The van der Waals surface area contributed by atoms with E-state index >= 15 is 0 Å². The summed E-state index contributed by atoms with van der Waals surface area (Å²) in [5, 5.41) is 4.22. The van der Waals surface area contributed by atoms with Gasteiger partial charge in [0.1, 0.15) is 5.00 Å². The van der Waals surface area contributed by atoms with E-state index in [9.17, 15) is 9.59 Å². The molecule has 144 valence electrons. The van der Waals surface area contributed by atoms with Crippen LogP contribution in [-0.2, 0) is 22.4 Å². The SMILES string of the molecule is CCOC(=O)c1c(NC(=O)CSc2ccc(Cl)cc2)sc2c1CCC(C)C2. The van der Waals surface area contributed by atoms with Crippen LogP contribution in [0.4, 0.5) is 5.00 Å². The number of ether oxygens (including phenoxy) is 1. The summed E-state index contributed by atoms with van der Waals surface area (Å²) in [6.07, 6.45) is 2.86. The fraction of sp³-hybridized carbons (Fsp3) is 0.400. The van der Waals surface area contributed by atoms with Gasteiger partial charge < -0.3 is 10.1 Å². The molecular weight excluding hydrogens is 402 g/mol. The van der Waals surface area contributed by atoms with Crippen molar-refractivity contribution in [2.75, 3.05) is 17.7 Å². The van der Waals surface area contributed by atoms with Gasteiger partial charge >= 0.3 is 5.97 Å². The quantitative estimate of drug-likeness (QED) is 0.497. The molecule has 1 aliphatic rings.